The van der Waals surface area contributed by atoms with Crippen molar-refractivity contribution in [2.75, 3.05) is 29.9 Å². The van der Waals surface area contributed by atoms with Crippen LogP contribution in [-0.2, 0) is 5.41 Å². The first kappa shape index (κ1) is 18.0. The largest absolute Gasteiger partial charge is 0.384 e. The van der Waals surface area contributed by atoms with Crippen molar-refractivity contribution < 1.29 is 0 Å². The third kappa shape index (κ3) is 2.75. The van der Waals surface area contributed by atoms with Gasteiger partial charge in [0.25, 0.3) is 0 Å². The van der Waals surface area contributed by atoms with E-state index in [0.29, 0.717) is 21.5 Å². The molecule has 0 saturated carbocycles. The van der Waals surface area contributed by atoms with Gasteiger partial charge in [-0.3, -0.25) is 0 Å². The van der Waals surface area contributed by atoms with Gasteiger partial charge in [-0.1, -0.05) is 41.4 Å². The molecule has 1 fully saturated rings. The molecule has 6 rings (SSSR count). The second kappa shape index (κ2) is 6.59. The Labute approximate surface area is 183 Å². The van der Waals surface area contributed by atoms with Crippen LogP contribution in [0, 0.1) is 0 Å². The Kier molecular flexibility index (Phi) is 3.95. The van der Waals surface area contributed by atoms with Gasteiger partial charge in [-0.2, -0.15) is 4.52 Å². The SMILES string of the molecule is Clc1cc(Cl)cc(-c2nnc3ccc(N4CCC5(CNc6ccccc65)C4)nn23)c1. The standard InChI is InChI=1S/C22H18Cl2N6/c23-15-9-14(10-16(24)11-15)21-27-26-19-5-6-20(28-30(19)21)29-8-7-22(13-29)12-25-18-4-2-1-3-17(18)22/h1-6,9-11,25H,7-8,12-13H2. The molecule has 8 heteroatoms. The fourth-order valence-corrected chi connectivity index (χ4v) is 5.23. The molecule has 1 atom stereocenters. The summed E-state index contributed by atoms with van der Waals surface area (Å²) in [5, 5.41) is 18.1. The molecule has 1 saturated heterocycles. The van der Waals surface area contributed by atoms with E-state index in [2.05, 4.69) is 44.7 Å². The zero-order valence-electron chi connectivity index (χ0n) is 16.0. The monoisotopic (exact) mass is 436 g/mol. The maximum Gasteiger partial charge on any atom is 0.185 e. The van der Waals surface area contributed by atoms with Crippen LogP contribution in [0.1, 0.15) is 12.0 Å². The summed E-state index contributed by atoms with van der Waals surface area (Å²) in [5.74, 6) is 1.54. The maximum atomic E-state index is 6.19. The number of fused-ring (bicyclic) bond motifs is 3. The highest BCUT2D eigenvalue weighted by molar-refractivity contribution is 6.35. The fraction of sp³-hybridized carbons (Fsp3) is 0.227. The molecule has 4 aromatic rings. The summed E-state index contributed by atoms with van der Waals surface area (Å²) in [6.45, 7) is 2.84. The normalized spacial score (nSPS) is 20.1. The number of nitrogens with zero attached hydrogens (tertiary/aromatic N) is 5. The first-order valence-corrected chi connectivity index (χ1v) is 10.6. The highest BCUT2D eigenvalue weighted by Gasteiger charge is 2.44. The molecule has 2 aliphatic rings. The Balaban J connectivity index is 1.37. The van der Waals surface area contributed by atoms with Crippen molar-refractivity contribution in [2.45, 2.75) is 11.8 Å². The Bertz CT molecular complexity index is 1270. The number of benzene rings is 2. The van der Waals surface area contributed by atoms with Crippen molar-refractivity contribution in [1.82, 2.24) is 19.8 Å². The van der Waals surface area contributed by atoms with E-state index in [1.165, 1.54) is 11.3 Å². The number of hydrogen-bond donors (Lipinski definition) is 1. The molecule has 1 spiro atoms. The lowest BCUT2D eigenvalue weighted by molar-refractivity contribution is 0.528. The summed E-state index contributed by atoms with van der Waals surface area (Å²) in [6.07, 6.45) is 1.09. The minimum absolute atomic E-state index is 0.129. The molecule has 4 heterocycles. The summed E-state index contributed by atoms with van der Waals surface area (Å²) in [7, 11) is 0. The average Bonchev–Trinajstić information content (AvgIpc) is 3.45. The Morgan fingerprint density at radius 1 is 0.967 bits per heavy atom. The second-order valence-corrected chi connectivity index (χ2v) is 8.87. The number of aromatic nitrogens is 4. The average molecular weight is 437 g/mol. The van der Waals surface area contributed by atoms with Gasteiger partial charge in [-0.05, 0) is 48.4 Å². The Morgan fingerprint density at radius 3 is 2.67 bits per heavy atom. The maximum absolute atomic E-state index is 6.19. The number of para-hydroxylation sites is 1. The third-order valence-electron chi connectivity index (χ3n) is 6.16. The Morgan fingerprint density at radius 2 is 1.80 bits per heavy atom. The third-order valence-corrected chi connectivity index (χ3v) is 6.60. The molecule has 30 heavy (non-hydrogen) atoms. The van der Waals surface area contributed by atoms with Crippen molar-refractivity contribution in [2.24, 2.45) is 0 Å². The molecule has 6 nitrogen and oxygen atoms in total. The number of hydrogen-bond acceptors (Lipinski definition) is 5. The van der Waals surface area contributed by atoms with Crippen molar-refractivity contribution >= 4 is 40.4 Å². The summed E-state index contributed by atoms with van der Waals surface area (Å²) in [4.78, 5) is 2.35. The zero-order valence-corrected chi connectivity index (χ0v) is 17.5. The molecule has 1 N–H and O–H groups in total. The van der Waals surface area contributed by atoms with Gasteiger partial charge in [0.1, 0.15) is 5.82 Å². The lowest BCUT2D eigenvalue weighted by Crippen LogP contribution is -2.33. The van der Waals surface area contributed by atoms with Gasteiger partial charge in [-0.15, -0.1) is 15.3 Å². The van der Waals surface area contributed by atoms with Crippen LogP contribution in [0.25, 0.3) is 17.0 Å². The van der Waals surface area contributed by atoms with Gasteiger partial charge in [-0.25, -0.2) is 0 Å². The van der Waals surface area contributed by atoms with Crippen molar-refractivity contribution in [3.63, 3.8) is 0 Å². The van der Waals surface area contributed by atoms with Gasteiger partial charge in [0.2, 0.25) is 0 Å². The van der Waals surface area contributed by atoms with Crippen LogP contribution >= 0.6 is 23.2 Å². The van der Waals surface area contributed by atoms with E-state index in [1.807, 2.05) is 24.3 Å². The van der Waals surface area contributed by atoms with Gasteiger partial charge >= 0.3 is 0 Å². The molecule has 0 radical (unpaired) electrons. The molecule has 1 unspecified atom stereocenters. The number of anilines is 2. The van der Waals surface area contributed by atoms with Crippen molar-refractivity contribution in [1.29, 1.82) is 0 Å². The quantitative estimate of drug-likeness (QED) is 0.494. The lowest BCUT2D eigenvalue weighted by atomic mass is 9.82. The first-order valence-electron chi connectivity index (χ1n) is 9.89. The minimum Gasteiger partial charge on any atom is -0.384 e. The topological polar surface area (TPSA) is 58.4 Å². The van der Waals surface area contributed by atoms with Crippen molar-refractivity contribution in [3.8, 4) is 11.4 Å². The van der Waals surface area contributed by atoms with Crippen LogP contribution in [-0.4, -0.2) is 39.4 Å². The second-order valence-electron chi connectivity index (χ2n) is 7.99. The van der Waals surface area contributed by atoms with E-state index >= 15 is 0 Å². The summed E-state index contributed by atoms with van der Waals surface area (Å²) in [6, 6.07) is 17.9. The lowest BCUT2D eigenvalue weighted by Gasteiger charge is -2.24. The van der Waals surface area contributed by atoms with E-state index in [-0.39, 0.29) is 5.41 Å². The zero-order chi connectivity index (χ0) is 20.3. The van der Waals surface area contributed by atoms with Gasteiger partial charge in [0, 0.05) is 46.3 Å². The van der Waals surface area contributed by atoms with E-state index < -0.39 is 0 Å². The predicted octanol–water partition coefficient (Wildman–Crippen LogP) is 4.67. The highest BCUT2D eigenvalue weighted by Crippen LogP contribution is 2.43. The molecule has 2 aromatic carbocycles. The summed E-state index contributed by atoms with van der Waals surface area (Å²) >= 11 is 12.4. The van der Waals surface area contributed by atoms with Crippen LogP contribution in [0.15, 0.2) is 54.6 Å². The first-order chi connectivity index (χ1) is 14.6. The molecule has 0 amide bonds. The summed E-state index contributed by atoms with van der Waals surface area (Å²) in [5.41, 5.74) is 4.26. The molecular formula is C22H18Cl2N6. The van der Waals surface area contributed by atoms with Crippen LogP contribution in [0.2, 0.25) is 10.0 Å². The van der Waals surface area contributed by atoms with E-state index in [4.69, 9.17) is 28.3 Å². The highest BCUT2D eigenvalue weighted by atomic mass is 35.5. The molecule has 2 aliphatic heterocycles. The van der Waals surface area contributed by atoms with Crippen LogP contribution in [0.5, 0.6) is 0 Å². The van der Waals surface area contributed by atoms with Gasteiger partial charge in [0.15, 0.2) is 11.5 Å². The van der Waals surface area contributed by atoms with Gasteiger partial charge in [0.05, 0.1) is 0 Å². The number of nitrogens with one attached hydrogen (secondary N) is 1. The van der Waals surface area contributed by atoms with Crippen molar-refractivity contribution in [3.05, 3.63) is 70.2 Å². The van der Waals surface area contributed by atoms with Crippen LogP contribution in [0.3, 0.4) is 0 Å². The van der Waals surface area contributed by atoms with Crippen LogP contribution in [0.4, 0.5) is 11.5 Å². The smallest absolute Gasteiger partial charge is 0.185 e. The summed E-state index contributed by atoms with van der Waals surface area (Å²) < 4.78 is 1.77. The minimum atomic E-state index is 0.129. The molecule has 0 bridgehead atoms. The molecule has 0 aliphatic carbocycles. The van der Waals surface area contributed by atoms with E-state index in [0.717, 1.165) is 37.4 Å². The predicted molar refractivity (Wildman–Crippen MR) is 120 cm³/mol. The van der Waals surface area contributed by atoms with E-state index in [1.54, 1.807) is 10.6 Å². The van der Waals surface area contributed by atoms with Gasteiger partial charge < -0.3 is 10.2 Å². The molecule has 150 valence electrons. The molecular weight excluding hydrogens is 419 g/mol. The number of halogens is 2. The number of rotatable bonds is 2. The van der Waals surface area contributed by atoms with Crippen LogP contribution < -0.4 is 10.2 Å². The fourth-order valence-electron chi connectivity index (χ4n) is 4.70. The molecule has 2 aromatic heterocycles. The van der Waals surface area contributed by atoms with E-state index in [9.17, 15) is 0 Å². The Hall–Kier alpha value is -2.83.